The number of rotatable bonds is 7. The standard InChI is InChI=1S/C15H20N4O3S/c1-22-15(21)16-9-13(20)17-12(7-8-23-2)14-18-10-5-3-4-6-11(10)19-14/h3-6,12H,7-9H2,1-2H3,(H,16,21)(H,17,20)(H,18,19)/t12-/m1/s1. The van der Waals surface area contributed by atoms with Crippen molar-refractivity contribution in [3.63, 3.8) is 0 Å². The second-order valence-electron chi connectivity index (χ2n) is 4.89. The third kappa shape index (κ3) is 4.88. The summed E-state index contributed by atoms with van der Waals surface area (Å²) in [5.74, 6) is 1.31. The summed E-state index contributed by atoms with van der Waals surface area (Å²) < 4.78 is 4.44. The Morgan fingerprint density at radius 1 is 1.39 bits per heavy atom. The van der Waals surface area contributed by atoms with Crippen LogP contribution in [0.4, 0.5) is 4.79 Å². The summed E-state index contributed by atoms with van der Waals surface area (Å²) in [5, 5.41) is 5.25. The molecule has 0 bridgehead atoms. The molecular formula is C15H20N4O3S. The molecule has 0 radical (unpaired) electrons. The summed E-state index contributed by atoms with van der Waals surface area (Å²) in [4.78, 5) is 30.8. The molecule has 1 aromatic heterocycles. The number of nitrogens with one attached hydrogen (secondary N) is 3. The Kier molecular flexibility index (Phi) is 6.28. The van der Waals surface area contributed by atoms with Crippen LogP contribution in [0.3, 0.4) is 0 Å². The van der Waals surface area contributed by atoms with Crippen LogP contribution in [0.25, 0.3) is 11.0 Å². The molecular weight excluding hydrogens is 316 g/mol. The summed E-state index contributed by atoms with van der Waals surface area (Å²) in [6.45, 7) is -0.136. The highest BCUT2D eigenvalue weighted by molar-refractivity contribution is 7.98. The van der Waals surface area contributed by atoms with Gasteiger partial charge >= 0.3 is 6.09 Å². The van der Waals surface area contributed by atoms with E-state index in [1.807, 2.05) is 30.5 Å². The first-order chi connectivity index (χ1) is 11.1. The van der Waals surface area contributed by atoms with Gasteiger partial charge in [0, 0.05) is 0 Å². The Hall–Kier alpha value is -2.22. The number of carbonyl (C=O) groups is 2. The van der Waals surface area contributed by atoms with E-state index in [0.717, 1.165) is 23.2 Å². The van der Waals surface area contributed by atoms with E-state index in [-0.39, 0.29) is 18.5 Å². The molecule has 0 spiro atoms. The van der Waals surface area contributed by atoms with Crippen LogP contribution < -0.4 is 10.6 Å². The van der Waals surface area contributed by atoms with E-state index in [4.69, 9.17) is 0 Å². The number of imidazole rings is 1. The van der Waals surface area contributed by atoms with Crippen molar-refractivity contribution >= 4 is 34.8 Å². The van der Waals surface area contributed by atoms with Gasteiger partial charge in [-0.25, -0.2) is 9.78 Å². The smallest absolute Gasteiger partial charge is 0.407 e. The molecule has 0 aliphatic carbocycles. The highest BCUT2D eigenvalue weighted by Gasteiger charge is 2.18. The van der Waals surface area contributed by atoms with Crippen molar-refractivity contribution in [2.75, 3.05) is 25.7 Å². The molecule has 23 heavy (non-hydrogen) atoms. The maximum absolute atomic E-state index is 12.0. The number of alkyl carbamates (subject to hydrolysis) is 1. The highest BCUT2D eigenvalue weighted by Crippen LogP contribution is 2.19. The number of amides is 2. The normalized spacial score (nSPS) is 11.9. The fraction of sp³-hybridized carbons (Fsp3) is 0.400. The molecule has 0 aliphatic rings. The lowest BCUT2D eigenvalue weighted by atomic mass is 10.2. The number of para-hydroxylation sites is 2. The number of H-pyrrole nitrogens is 1. The number of aromatic nitrogens is 2. The SMILES string of the molecule is COC(=O)NCC(=O)N[C@H](CCSC)c1nc2ccccc2[nH]1. The Balaban J connectivity index is 2.06. The highest BCUT2D eigenvalue weighted by atomic mass is 32.2. The van der Waals surface area contributed by atoms with Gasteiger partial charge in [0.2, 0.25) is 5.91 Å². The maximum Gasteiger partial charge on any atom is 0.407 e. The minimum absolute atomic E-state index is 0.136. The van der Waals surface area contributed by atoms with Gasteiger partial charge in [-0.15, -0.1) is 0 Å². The molecule has 1 aromatic carbocycles. The van der Waals surface area contributed by atoms with Gasteiger partial charge in [-0.1, -0.05) is 12.1 Å². The van der Waals surface area contributed by atoms with Crippen LogP contribution in [0, 0.1) is 0 Å². The molecule has 1 heterocycles. The van der Waals surface area contributed by atoms with Gasteiger partial charge in [0.1, 0.15) is 12.4 Å². The van der Waals surface area contributed by atoms with Crippen LogP contribution >= 0.6 is 11.8 Å². The number of aromatic amines is 1. The molecule has 0 unspecified atom stereocenters. The fourth-order valence-electron chi connectivity index (χ4n) is 2.12. The van der Waals surface area contributed by atoms with Crippen molar-refractivity contribution in [3.8, 4) is 0 Å². The second-order valence-corrected chi connectivity index (χ2v) is 5.87. The zero-order valence-corrected chi connectivity index (χ0v) is 13.9. The van der Waals surface area contributed by atoms with E-state index in [1.165, 1.54) is 7.11 Å². The van der Waals surface area contributed by atoms with E-state index in [1.54, 1.807) is 11.8 Å². The first-order valence-electron chi connectivity index (χ1n) is 7.18. The first-order valence-corrected chi connectivity index (χ1v) is 8.58. The van der Waals surface area contributed by atoms with E-state index in [9.17, 15) is 9.59 Å². The number of ether oxygens (including phenoxy) is 1. The van der Waals surface area contributed by atoms with Gasteiger partial charge in [-0.2, -0.15) is 11.8 Å². The molecule has 2 rings (SSSR count). The van der Waals surface area contributed by atoms with Crippen molar-refractivity contribution in [2.45, 2.75) is 12.5 Å². The van der Waals surface area contributed by atoms with Gasteiger partial charge < -0.3 is 20.4 Å². The second kappa shape index (κ2) is 8.42. The molecule has 2 aromatic rings. The largest absolute Gasteiger partial charge is 0.453 e. The maximum atomic E-state index is 12.0. The van der Waals surface area contributed by atoms with Crippen LogP contribution in [0.2, 0.25) is 0 Å². The van der Waals surface area contributed by atoms with E-state index in [2.05, 4.69) is 25.3 Å². The number of fused-ring (bicyclic) bond motifs is 1. The molecule has 0 saturated carbocycles. The minimum atomic E-state index is -0.635. The van der Waals surface area contributed by atoms with Crippen LogP contribution in [-0.2, 0) is 9.53 Å². The molecule has 7 nitrogen and oxygen atoms in total. The zero-order valence-electron chi connectivity index (χ0n) is 13.1. The Bertz CT molecular complexity index is 641. The number of methoxy groups -OCH3 is 1. The number of nitrogens with zero attached hydrogens (tertiary/aromatic N) is 1. The van der Waals surface area contributed by atoms with Crippen LogP contribution in [-0.4, -0.2) is 47.6 Å². The van der Waals surface area contributed by atoms with Crippen molar-refractivity contribution < 1.29 is 14.3 Å². The number of thioether (sulfide) groups is 1. The number of benzene rings is 1. The van der Waals surface area contributed by atoms with Gasteiger partial charge in [-0.3, -0.25) is 4.79 Å². The van der Waals surface area contributed by atoms with Gasteiger partial charge in [-0.05, 0) is 30.6 Å². The average Bonchev–Trinajstić information content (AvgIpc) is 3.00. The summed E-state index contributed by atoms with van der Waals surface area (Å²) >= 11 is 1.70. The van der Waals surface area contributed by atoms with E-state index < -0.39 is 6.09 Å². The topological polar surface area (TPSA) is 96.1 Å². The lowest BCUT2D eigenvalue weighted by molar-refractivity contribution is -0.121. The lowest BCUT2D eigenvalue weighted by Gasteiger charge is -2.16. The zero-order chi connectivity index (χ0) is 16.7. The Labute approximate surface area is 138 Å². The van der Waals surface area contributed by atoms with E-state index in [0.29, 0.717) is 5.82 Å². The molecule has 3 N–H and O–H groups in total. The summed E-state index contributed by atoms with van der Waals surface area (Å²) in [6, 6.07) is 7.48. The fourth-order valence-corrected chi connectivity index (χ4v) is 2.59. The monoisotopic (exact) mass is 336 g/mol. The Morgan fingerprint density at radius 3 is 2.87 bits per heavy atom. The molecule has 0 fully saturated rings. The number of carbonyl (C=O) groups excluding carboxylic acids is 2. The Morgan fingerprint density at radius 2 is 2.17 bits per heavy atom. The molecule has 124 valence electrons. The third-order valence-electron chi connectivity index (χ3n) is 3.26. The van der Waals surface area contributed by atoms with Gasteiger partial charge in [0.15, 0.2) is 0 Å². The van der Waals surface area contributed by atoms with Crippen LogP contribution in [0.5, 0.6) is 0 Å². The molecule has 0 saturated heterocycles. The predicted octanol–water partition coefficient (Wildman–Crippen LogP) is 1.83. The lowest BCUT2D eigenvalue weighted by Crippen LogP contribution is -2.39. The van der Waals surface area contributed by atoms with Crippen molar-refractivity contribution in [2.24, 2.45) is 0 Å². The van der Waals surface area contributed by atoms with Crippen molar-refractivity contribution in [1.82, 2.24) is 20.6 Å². The van der Waals surface area contributed by atoms with E-state index >= 15 is 0 Å². The third-order valence-corrected chi connectivity index (χ3v) is 3.91. The quantitative estimate of drug-likeness (QED) is 0.717. The van der Waals surface area contributed by atoms with Gasteiger partial charge in [0.05, 0.1) is 24.2 Å². The molecule has 2 amide bonds. The number of hydrogen-bond donors (Lipinski definition) is 3. The van der Waals surface area contributed by atoms with Crippen LogP contribution in [0.15, 0.2) is 24.3 Å². The number of hydrogen-bond acceptors (Lipinski definition) is 5. The van der Waals surface area contributed by atoms with Crippen molar-refractivity contribution in [1.29, 1.82) is 0 Å². The van der Waals surface area contributed by atoms with Crippen LogP contribution in [0.1, 0.15) is 18.3 Å². The summed E-state index contributed by atoms with van der Waals surface area (Å²) in [5.41, 5.74) is 1.79. The molecule has 1 atom stereocenters. The van der Waals surface area contributed by atoms with Crippen molar-refractivity contribution in [3.05, 3.63) is 30.1 Å². The minimum Gasteiger partial charge on any atom is -0.453 e. The molecule has 0 aliphatic heterocycles. The average molecular weight is 336 g/mol. The first kappa shape index (κ1) is 17.1. The molecule has 8 heteroatoms. The summed E-state index contributed by atoms with van der Waals surface area (Å²) in [7, 11) is 1.25. The summed E-state index contributed by atoms with van der Waals surface area (Å²) in [6.07, 6.45) is 2.12. The predicted molar refractivity (Wildman–Crippen MR) is 90.4 cm³/mol. The van der Waals surface area contributed by atoms with Gasteiger partial charge in [0.25, 0.3) is 0 Å².